The van der Waals surface area contributed by atoms with E-state index in [4.69, 9.17) is 0 Å². The van der Waals surface area contributed by atoms with Gasteiger partial charge in [-0.1, -0.05) is 0 Å². The fourth-order valence-electron chi connectivity index (χ4n) is 2.88. The number of carbonyl (C=O) groups excluding carboxylic acids is 1. The summed E-state index contributed by atoms with van der Waals surface area (Å²) in [5.41, 5.74) is 0. The van der Waals surface area contributed by atoms with E-state index in [0.29, 0.717) is 6.04 Å². The summed E-state index contributed by atoms with van der Waals surface area (Å²) in [7, 11) is 0. The van der Waals surface area contributed by atoms with E-state index in [1.165, 1.54) is 25.9 Å². The topological polar surface area (TPSA) is 44.4 Å². The molecule has 2 aliphatic rings. The quantitative estimate of drug-likeness (QED) is 0.805. The summed E-state index contributed by atoms with van der Waals surface area (Å²) in [4.78, 5) is 14.4. The van der Waals surface area contributed by atoms with Gasteiger partial charge in [0.2, 0.25) is 5.91 Å². The van der Waals surface area contributed by atoms with Crippen molar-refractivity contribution in [2.24, 2.45) is 5.92 Å². The summed E-state index contributed by atoms with van der Waals surface area (Å²) in [5, 5.41) is 6.46. The minimum absolute atomic E-state index is 0. The van der Waals surface area contributed by atoms with Gasteiger partial charge in [0.25, 0.3) is 0 Å². The van der Waals surface area contributed by atoms with Crippen molar-refractivity contribution in [3.05, 3.63) is 0 Å². The Morgan fingerprint density at radius 2 is 2.06 bits per heavy atom. The molecule has 2 unspecified atom stereocenters. The number of carbonyl (C=O) groups is 1. The van der Waals surface area contributed by atoms with E-state index in [1.807, 2.05) is 0 Å². The van der Waals surface area contributed by atoms with Crippen molar-refractivity contribution in [2.45, 2.75) is 38.6 Å². The summed E-state index contributed by atoms with van der Waals surface area (Å²) < 4.78 is 0. The van der Waals surface area contributed by atoms with Crippen LogP contribution in [0.2, 0.25) is 0 Å². The van der Waals surface area contributed by atoms with Crippen LogP contribution in [0, 0.1) is 5.92 Å². The lowest BCUT2D eigenvalue weighted by atomic mass is 9.91. The number of piperidine rings is 1. The Labute approximate surface area is 116 Å². The van der Waals surface area contributed by atoms with Gasteiger partial charge in [0.15, 0.2) is 0 Å². The van der Waals surface area contributed by atoms with Crippen LogP contribution in [0.5, 0.6) is 0 Å². The van der Waals surface area contributed by atoms with Crippen LogP contribution in [0.15, 0.2) is 0 Å². The first-order chi connectivity index (χ1) is 8.27. The third-order valence-electron chi connectivity index (χ3n) is 4.02. The maximum Gasteiger partial charge on any atom is 0.224 e. The Kier molecular flexibility index (Phi) is 6.97. The van der Waals surface area contributed by atoms with Gasteiger partial charge in [-0.2, -0.15) is 0 Å². The van der Waals surface area contributed by atoms with Gasteiger partial charge in [0.1, 0.15) is 0 Å². The standard InChI is InChI=1S/C13H25N3O.ClH/c1-11-12(5-4-6-14-11)13(17)15-7-10-16-8-2-3-9-16;/h11-12,14H,2-10H2,1H3,(H,15,17);1H. The molecule has 2 N–H and O–H groups in total. The predicted molar refractivity (Wildman–Crippen MR) is 76.1 cm³/mol. The highest BCUT2D eigenvalue weighted by Crippen LogP contribution is 2.16. The average Bonchev–Trinajstić information content (AvgIpc) is 2.82. The molecule has 0 aromatic heterocycles. The summed E-state index contributed by atoms with van der Waals surface area (Å²) in [6, 6.07) is 0.329. The van der Waals surface area contributed by atoms with Gasteiger partial charge in [-0.05, 0) is 52.2 Å². The molecular formula is C13H26ClN3O. The zero-order valence-corrected chi connectivity index (χ0v) is 12.1. The molecule has 0 aromatic carbocycles. The smallest absolute Gasteiger partial charge is 0.224 e. The van der Waals surface area contributed by atoms with Gasteiger partial charge in [-0.15, -0.1) is 12.4 Å². The van der Waals surface area contributed by atoms with Crippen molar-refractivity contribution in [1.29, 1.82) is 0 Å². The normalized spacial score (nSPS) is 28.7. The molecule has 5 heteroatoms. The highest BCUT2D eigenvalue weighted by molar-refractivity contribution is 5.85. The molecule has 18 heavy (non-hydrogen) atoms. The molecule has 106 valence electrons. The number of hydrogen-bond donors (Lipinski definition) is 2. The van der Waals surface area contributed by atoms with Crippen LogP contribution in [0.25, 0.3) is 0 Å². The molecule has 4 nitrogen and oxygen atoms in total. The molecule has 2 aliphatic heterocycles. The number of nitrogens with one attached hydrogen (secondary N) is 2. The van der Waals surface area contributed by atoms with E-state index < -0.39 is 0 Å². The zero-order valence-electron chi connectivity index (χ0n) is 11.3. The number of nitrogens with zero attached hydrogens (tertiary/aromatic N) is 1. The third-order valence-corrected chi connectivity index (χ3v) is 4.02. The highest BCUT2D eigenvalue weighted by Gasteiger charge is 2.27. The van der Waals surface area contributed by atoms with Gasteiger partial charge < -0.3 is 15.5 Å². The Bertz CT molecular complexity index is 257. The molecule has 0 aromatic rings. The fourth-order valence-corrected chi connectivity index (χ4v) is 2.88. The number of halogens is 1. The van der Waals surface area contributed by atoms with E-state index in [1.54, 1.807) is 0 Å². The minimum atomic E-state index is 0. The molecule has 2 fully saturated rings. The SMILES string of the molecule is CC1NCCCC1C(=O)NCCN1CCCC1.Cl. The summed E-state index contributed by atoms with van der Waals surface area (Å²) in [6.07, 6.45) is 4.79. The average molecular weight is 276 g/mol. The van der Waals surface area contributed by atoms with Crippen LogP contribution in [-0.2, 0) is 4.79 Å². The number of hydrogen-bond acceptors (Lipinski definition) is 3. The summed E-state index contributed by atoms with van der Waals surface area (Å²) in [6.45, 7) is 7.40. The van der Waals surface area contributed by atoms with Gasteiger partial charge in [-0.25, -0.2) is 0 Å². The van der Waals surface area contributed by atoms with Crippen LogP contribution in [0.4, 0.5) is 0 Å². The zero-order chi connectivity index (χ0) is 12.1. The van der Waals surface area contributed by atoms with Crippen molar-refractivity contribution >= 4 is 18.3 Å². The largest absolute Gasteiger partial charge is 0.355 e. The lowest BCUT2D eigenvalue weighted by Crippen LogP contribution is -2.47. The monoisotopic (exact) mass is 275 g/mol. The third kappa shape index (κ3) is 4.41. The maximum absolute atomic E-state index is 12.0. The highest BCUT2D eigenvalue weighted by atomic mass is 35.5. The first-order valence-electron chi connectivity index (χ1n) is 7.01. The second kappa shape index (κ2) is 7.97. The molecule has 0 bridgehead atoms. The molecule has 2 atom stereocenters. The van der Waals surface area contributed by atoms with Crippen LogP contribution < -0.4 is 10.6 Å². The van der Waals surface area contributed by atoms with Crippen LogP contribution in [0.1, 0.15) is 32.6 Å². The Morgan fingerprint density at radius 3 is 2.72 bits per heavy atom. The minimum Gasteiger partial charge on any atom is -0.355 e. The first kappa shape index (κ1) is 15.7. The van der Waals surface area contributed by atoms with Gasteiger partial charge in [-0.3, -0.25) is 4.79 Å². The summed E-state index contributed by atoms with van der Waals surface area (Å²) in [5.74, 6) is 0.409. The molecule has 1 amide bonds. The van der Waals surface area contributed by atoms with E-state index in [9.17, 15) is 4.79 Å². The van der Waals surface area contributed by atoms with Gasteiger partial charge in [0, 0.05) is 19.1 Å². The Balaban J connectivity index is 0.00000162. The molecule has 0 spiro atoms. The predicted octanol–water partition coefficient (Wildman–Crippen LogP) is 1.01. The molecule has 2 heterocycles. The van der Waals surface area contributed by atoms with Crippen LogP contribution >= 0.6 is 12.4 Å². The van der Waals surface area contributed by atoms with Crippen molar-refractivity contribution in [3.8, 4) is 0 Å². The number of rotatable bonds is 4. The molecule has 0 radical (unpaired) electrons. The molecule has 2 saturated heterocycles. The van der Waals surface area contributed by atoms with E-state index in [0.717, 1.165) is 32.5 Å². The van der Waals surface area contributed by atoms with Crippen molar-refractivity contribution in [2.75, 3.05) is 32.7 Å². The number of likely N-dealkylation sites (tertiary alicyclic amines) is 1. The first-order valence-corrected chi connectivity index (χ1v) is 7.01. The molecule has 2 rings (SSSR count). The second-order valence-corrected chi connectivity index (χ2v) is 5.33. The van der Waals surface area contributed by atoms with Gasteiger partial charge in [0.05, 0.1) is 5.92 Å². The Hall–Kier alpha value is -0.320. The lowest BCUT2D eigenvalue weighted by Gasteiger charge is -2.29. The lowest BCUT2D eigenvalue weighted by molar-refractivity contribution is -0.126. The Morgan fingerprint density at radius 1 is 1.33 bits per heavy atom. The van der Waals surface area contributed by atoms with Crippen molar-refractivity contribution < 1.29 is 4.79 Å². The molecule has 0 saturated carbocycles. The van der Waals surface area contributed by atoms with Gasteiger partial charge >= 0.3 is 0 Å². The van der Waals surface area contributed by atoms with Crippen LogP contribution in [0.3, 0.4) is 0 Å². The van der Waals surface area contributed by atoms with E-state index in [-0.39, 0.29) is 24.2 Å². The molecule has 0 aliphatic carbocycles. The van der Waals surface area contributed by atoms with Crippen molar-refractivity contribution in [1.82, 2.24) is 15.5 Å². The van der Waals surface area contributed by atoms with Crippen molar-refractivity contribution in [3.63, 3.8) is 0 Å². The maximum atomic E-state index is 12.0. The van der Waals surface area contributed by atoms with E-state index in [2.05, 4.69) is 22.5 Å². The van der Waals surface area contributed by atoms with E-state index >= 15 is 0 Å². The summed E-state index contributed by atoms with van der Waals surface area (Å²) >= 11 is 0. The number of amides is 1. The second-order valence-electron chi connectivity index (χ2n) is 5.33. The molecular weight excluding hydrogens is 250 g/mol. The van der Waals surface area contributed by atoms with Crippen LogP contribution in [-0.4, -0.2) is 49.6 Å². The fraction of sp³-hybridized carbons (Fsp3) is 0.923.